The summed E-state index contributed by atoms with van der Waals surface area (Å²) in [6.07, 6.45) is 0. The van der Waals surface area contributed by atoms with Gasteiger partial charge in [-0.25, -0.2) is 0 Å². The van der Waals surface area contributed by atoms with Crippen molar-refractivity contribution in [2.24, 2.45) is 0 Å². The second-order valence-electron chi connectivity index (χ2n) is 19.6. The lowest BCUT2D eigenvalue weighted by molar-refractivity contribution is 0.731. The van der Waals surface area contributed by atoms with Gasteiger partial charge in [-0.1, -0.05) is 188 Å². The van der Waals surface area contributed by atoms with E-state index in [1.54, 1.807) is 0 Å². The van der Waals surface area contributed by atoms with Crippen LogP contribution in [0.1, 0.15) is 44.5 Å². The maximum absolute atomic E-state index is 2.44. The zero-order valence-electron chi connectivity index (χ0n) is 42.3. The van der Waals surface area contributed by atoms with Crippen molar-refractivity contribution in [2.45, 2.75) is 33.1 Å². The zero-order chi connectivity index (χ0) is 50.2. The summed E-state index contributed by atoms with van der Waals surface area (Å²) >= 11 is 0. The Balaban J connectivity index is 1.04. The van der Waals surface area contributed by atoms with E-state index in [0.29, 0.717) is 0 Å². The van der Waals surface area contributed by atoms with Gasteiger partial charge in [0, 0.05) is 39.8 Å². The molecule has 11 aromatic carbocycles. The second-order valence-corrected chi connectivity index (χ2v) is 19.6. The topological polar surface area (TPSA) is 9.72 Å². The van der Waals surface area contributed by atoms with Gasteiger partial charge < -0.3 is 14.7 Å². The molecule has 356 valence electrons. The van der Waals surface area contributed by atoms with E-state index in [1.807, 2.05) is 0 Å². The number of benzene rings is 11. The molecule has 0 spiro atoms. The summed E-state index contributed by atoms with van der Waals surface area (Å²) < 4.78 is 0. The van der Waals surface area contributed by atoms with Crippen molar-refractivity contribution < 1.29 is 0 Å². The van der Waals surface area contributed by atoms with Gasteiger partial charge in [-0.05, 0) is 179 Å². The predicted molar refractivity (Wildman–Crippen MR) is 312 cm³/mol. The standard InChI is InChI=1S/C71H57N3/c1-50-28-30-52(3)69(48-50)72(61-40-32-56(33-41-61)54-18-8-5-9-19-54)63-44-36-58(37-45-63)71(65-24-14-16-26-67(65)74(60-22-12-7-13-23-60)68-27-17-15-25-66(68)71)59-38-46-64(47-39-59)73(70-49-51(2)29-31-53(70)4)62-42-34-57(35-43-62)55-20-10-6-11-21-55/h5-49H,1-4H3. The summed E-state index contributed by atoms with van der Waals surface area (Å²) in [6.45, 7) is 8.78. The fraction of sp³-hybridized carbons (Fsp3) is 0.0704. The van der Waals surface area contributed by atoms with Crippen LogP contribution in [-0.4, -0.2) is 0 Å². The Hall–Kier alpha value is -9.18. The molecule has 0 aromatic heterocycles. The number of para-hydroxylation sites is 3. The van der Waals surface area contributed by atoms with E-state index < -0.39 is 5.41 Å². The van der Waals surface area contributed by atoms with Gasteiger partial charge >= 0.3 is 0 Å². The Morgan fingerprint density at radius 1 is 0.297 bits per heavy atom. The lowest BCUT2D eigenvalue weighted by Crippen LogP contribution is -2.37. The third-order valence-electron chi connectivity index (χ3n) is 14.9. The van der Waals surface area contributed by atoms with Gasteiger partial charge in [-0.15, -0.1) is 0 Å². The molecule has 3 nitrogen and oxygen atoms in total. The molecule has 3 heteroatoms. The number of hydrogen-bond donors (Lipinski definition) is 0. The SMILES string of the molecule is Cc1ccc(C)c(N(c2ccc(-c3ccccc3)cc2)c2ccc(C3(c4ccc(N(c5ccc(-c6ccccc6)cc5)c5cc(C)ccc5C)cc4)c4ccccc4N(c4ccccc4)c4ccccc43)cc2)c1. The zero-order valence-corrected chi connectivity index (χ0v) is 42.3. The molecular formula is C71H57N3. The first-order valence-corrected chi connectivity index (χ1v) is 25.7. The maximum atomic E-state index is 2.44. The average molecular weight is 952 g/mol. The van der Waals surface area contributed by atoms with E-state index in [4.69, 9.17) is 0 Å². The fourth-order valence-corrected chi connectivity index (χ4v) is 11.3. The maximum Gasteiger partial charge on any atom is 0.0742 e. The third-order valence-corrected chi connectivity index (χ3v) is 14.9. The molecule has 0 aliphatic carbocycles. The summed E-state index contributed by atoms with van der Waals surface area (Å²) in [4.78, 5) is 7.27. The highest BCUT2D eigenvalue weighted by molar-refractivity contribution is 5.90. The minimum atomic E-state index is -0.710. The minimum absolute atomic E-state index is 0.710. The normalized spacial score (nSPS) is 12.4. The average Bonchev–Trinajstić information content (AvgIpc) is 3.48. The van der Waals surface area contributed by atoms with Crippen molar-refractivity contribution in [2.75, 3.05) is 14.7 Å². The monoisotopic (exact) mass is 951 g/mol. The van der Waals surface area contributed by atoms with Crippen LogP contribution in [0.15, 0.2) is 273 Å². The number of anilines is 9. The van der Waals surface area contributed by atoms with Crippen molar-refractivity contribution in [3.63, 3.8) is 0 Å². The molecule has 11 aromatic rings. The molecule has 0 amide bonds. The van der Waals surface area contributed by atoms with Crippen LogP contribution in [0.5, 0.6) is 0 Å². The van der Waals surface area contributed by atoms with Crippen LogP contribution < -0.4 is 14.7 Å². The van der Waals surface area contributed by atoms with Crippen LogP contribution >= 0.6 is 0 Å². The molecule has 1 heterocycles. The van der Waals surface area contributed by atoms with Gasteiger partial charge in [0.2, 0.25) is 0 Å². The molecule has 0 N–H and O–H groups in total. The van der Waals surface area contributed by atoms with E-state index in [-0.39, 0.29) is 0 Å². The Kier molecular flexibility index (Phi) is 12.1. The van der Waals surface area contributed by atoms with Gasteiger partial charge in [0.15, 0.2) is 0 Å². The molecule has 0 saturated heterocycles. The summed E-state index contributed by atoms with van der Waals surface area (Å²) in [6, 6.07) is 100. The molecule has 0 saturated carbocycles. The summed E-state index contributed by atoms with van der Waals surface area (Å²) in [5, 5.41) is 0. The smallest absolute Gasteiger partial charge is 0.0742 e. The Morgan fingerprint density at radius 3 is 1.01 bits per heavy atom. The van der Waals surface area contributed by atoms with E-state index in [1.165, 1.54) is 66.8 Å². The van der Waals surface area contributed by atoms with E-state index in [9.17, 15) is 0 Å². The first-order valence-electron chi connectivity index (χ1n) is 25.7. The van der Waals surface area contributed by atoms with Crippen molar-refractivity contribution in [1.82, 2.24) is 0 Å². The number of nitrogens with zero attached hydrogens (tertiary/aromatic N) is 3. The first-order chi connectivity index (χ1) is 36.3. The van der Waals surface area contributed by atoms with E-state index >= 15 is 0 Å². The summed E-state index contributed by atoms with van der Waals surface area (Å²) in [5.41, 5.74) is 23.9. The van der Waals surface area contributed by atoms with E-state index in [0.717, 1.165) is 51.2 Å². The highest BCUT2D eigenvalue weighted by atomic mass is 15.2. The molecule has 0 fully saturated rings. The van der Waals surface area contributed by atoms with Crippen LogP contribution in [0.25, 0.3) is 22.3 Å². The molecule has 0 unspecified atom stereocenters. The van der Waals surface area contributed by atoms with Gasteiger partial charge in [0.25, 0.3) is 0 Å². The molecule has 0 atom stereocenters. The van der Waals surface area contributed by atoms with Crippen molar-refractivity contribution in [3.05, 3.63) is 317 Å². The molecule has 12 rings (SSSR count). The Labute approximate surface area is 436 Å². The van der Waals surface area contributed by atoms with Gasteiger partial charge in [-0.2, -0.15) is 0 Å². The molecule has 0 bridgehead atoms. The molecule has 0 radical (unpaired) electrons. The highest BCUT2D eigenvalue weighted by Crippen LogP contribution is 2.58. The van der Waals surface area contributed by atoms with Gasteiger partial charge in [0.05, 0.1) is 16.8 Å². The fourth-order valence-electron chi connectivity index (χ4n) is 11.3. The number of aryl methyl sites for hydroxylation is 4. The largest absolute Gasteiger partial charge is 0.310 e. The lowest BCUT2D eigenvalue weighted by Gasteiger charge is -2.46. The first kappa shape index (κ1) is 45.9. The number of fused-ring (bicyclic) bond motifs is 2. The lowest BCUT2D eigenvalue weighted by atomic mass is 9.62. The Morgan fingerprint density at radius 2 is 0.622 bits per heavy atom. The van der Waals surface area contributed by atoms with Crippen LogP contribution in [-0.2, 0) is 5.41 Å². The van der Waals surface area contributed by atoms with Crippen LogP contribution in [0.3, 0.4) is 0 Å². The van der Waals surface area contributed by atoms with Crippen LogP contribution in [0.2, 0.25) is 0 Å². The van der Waals surface area contributed by atoms with Crippen LogP contribution in [0.4, 0.5) is 51.2 Å². The molecule has 1 aliphatic rings. The quantitative estimate of drug-likeness (QED) is 0.128. The van der Waals surface area contributed by atoms with Crippen molar-refractivity contribution in [1.29, 1.82) is 0 Å². The second kappa shape index (κ2) is 19.4. The number of hydrogen-bond acceptors (Lipinski definition) is 3. The number of rotatable bonds is 11. The molecular weight excluding hydrogens is 895 g/mol. The Bertz CT molecular complexity index is 3500. The third kappa shape index (κ3) is 8.23. The van der Waals surface area contributed by atoms with Crippen LogP contribution in [0, 0.1) is 27.7 Å². The van der Waals surface area contributed by atoms with Crippen molar-refractivity contribution in [3.8, 4) is 22.3 Å². The summed E-state index contributed by atoms with van der Waals surface area (Å²) in [5.74, 6) is 0. The van der Waals surface area contributed by atoms with Crippen molar-refractivity contribution >= 4 is 51.2 Å². The summed E-state index contributed by atoms with van der Waals surface area (Å²) in [7, 11) is 0. The molecule has 1 aliphatic heterocycles. The van der Waals surface area contributed by atoms with Gasteiger partial charge in [-0.3, -0.25) is 0 Å². The highest BCUT2D eigenvalue weighted by Gasteiger charge is 2.46. The molecule has 74 heavy (non-hydrogen) atoms. The predicted octanol–water partition coefficient (Wildman–Crippen LogP) is 19.4. The van der Waals surface area contributed by atoms with Gasteiger partial charge in [0.1, 0.15) is 0 Å². The minimum Gasteiger partial charge on any atom is -0.310 e. The van der Waals surface area contributed by atoms with E-state index in [2.05, 4.69) is 315 Å².